The molecule has 1 aliphatic carbocycles. The minimum Gasteiger partial charge on any atom is -0.375 e. The number of carbonyl (C=O) groups is 2. The third-order valence-corrected chi connectivity index (χ3v) is 6.67. The fourth-order valence-electron chi connectivity index (χ4n) is 4.47. The van der Waals surface area contributed by atoms with E-state index in [0.29, 0.717) is 0 Å². The molecule has 0 spiro atoms. The van der Waals surface area contributed by atoms with E-state index in [1.54, 1.807) is 0 Å². The lowest BCUT2D eigenvalue weighted by atomic mass is 9.66. The lowest BCUT2D eigenvalue weighted by Crippen LogP contribution is -2.44. The Morgan fingerprint density at radius 1 is 0.594 bits per heavy atom. The van der Waals surface area contributed by atoms with E-state index in [0.717, 1.165) is 35.6 Å². The Hall–Kier alpha value is -2.62. The SMILES string of the molecule is CCCCCN(C)c1ccc(C2C(=O)C(c3ccc(N(C)CCCCC)cc3)C2=O)cc1. The molecule has 32 heavy (non-hydrogen) atoms. The molecule has 4 heteroatoms. The summed E-state index contributed by atoms with van der Waals surface area (Å²) >= 11 is 0. The van der Waals surface area contributed by atoms with Crippen molar-refractivity contribution in [2.75, 3.05) is 37.0 Å². The van der Waals surface area contributed by atoms with Gasteiger partial charge in [0, 0.05) is 38.6 Å². The first-order chi connectivity index (χ1) is 15.5. The van der Waals surface area contributed by atoms with Gasteiger partial charge in [0.05, 0.1) is 0 Å². The first kappa shape index (κ1) is 24.0. The van der Waals surface area contributed by atoms with Crippen LogP contribution < -0.4 is 9.80 Å². The van der Waals surface area contributed by atoms with Gasteiger partial charge in [-0.3, -0.25) is 9.59 Å². The molecule has 0 aliphatic heterocycles. The van der Waals surface area contributed by atoms with Crippen LogP contribution in [0.5, 0.6) is 0 Å². The topological polar surface area (TPSA) is 40.6 Å². The molecule has 4 nitrogen and oxygen atoms in total. The molecule has 0 atom stereocenters. The van der Waals surface area contributed by atoms with Crippen molar-refractivity contribution in [1.29, 1.82) is 0 Å². The fraction of sp³-hybridized carbons (Fsp3) is 0.500. The van der Waals surface area contributed by atoms with Crippen LogP contribution in [0.25, 0.3) is 0 Å². The number of benzene rings is 2. The number of hydrogen-bond donors (Lipinski definition) is 0. The summed E-state index contributed by atoms with van der Waals surface area (Å²) in [4.78, 5) is 30.3. The average molecular weight is 435 g/mol. The summed E-state index contributed by atoms with van der Waals surface area (Å²) in [7, 11) is 4.18. The zero-order valence-electron chi connectivity index (χ0n) is 20.1. The van der Waals surface area contributed by atoms with E-state index in [2.05, 4.69) is 37.7 Å². The molecule has 1 fully saturated rings. The molecule has 0 bridgehead atoms. The van der Waals surface area contributed by atoms with Crippen molar-refractivity contribution in [3.05, 3.63) is 59.7 Å². The predicted octanol–water partition coefficient (Wildman–Crippen LogP) is 5.96. The van der Waals surface area contributed by atoms with Gasteiger partial charge in [-0.25, -0.2) is 0 Å². The van der Waals surface area contributed by atoms with E-state index < -0.39 is 11.8 Å². The van der Waals surface area contributed by atoms with E-state index in [1.807, 2.05) is 48.5 Å². The van der Waals surface area contributed by atoms with Crippen LogP contribution >= 0.6 is 0 Å². The monoisotopic (exact) mass is 434 g/mol. The zero-order chi connectivity index (χ0) is 23.1. The zero-order valence-corrected chi connectivity index (χ0v) is 20.1. The summed E-state index contributed by atoms with van der Waals surface area (Å²) in [5, 5.41) is 0. The number of hydrogen-bond acceptors (Lipinski definition) is 4. The molecule has 1 saturated carbocycles. The highest BCUT2D eigenvalue weighted by Gasteiger charge is 2.50. The number of ketones is 2. The maximum Gasteiger partial charge on any atom is 0.162 e. The van der Waals surface area contributed by atoms with Crippen molar-refractivity contribution in [3.8, 4) is 0 Å². The molecule has 0 aromatic heterocycles. The minimum absolute atomic E-state index is 0.0168. The summed E-state index contributed by atoms with van der Waals surface area (Å²) in [5.74, 6) is -1.20. The maximum atomic E-state index is 12.9. The highest BCUT2D eigenvalue weighted by atomic mass is 16.2. The van der Waals surface area contributed by atoms with Gasteiger partial charge >= 0.3 is 0 Å². The molecule has 1 aliphatic rings. The molecular formula is C28H38N2O2. The Morgan fingerprint density at radius 2 is 0.938 bits per heavy atom. The van der Waals surface area contributed by atoms with E-state index in [1.165, 1.54) is 38.5 Å². The van der Waals surface area contributed by atoms with Gasteiger partial charge in [-0.2, -0.15) is 0 Å². The summed E-state index contributed by atoms with van der Waals surface area (Å²) in [5.41, 5.74) is 3.88. The molecule has 2 aromatic rings. The van der Waals surface area contributed by atoms with E-state index in [9.17, 15) is 9.59 Å². The Bertz CT molecular complexity index is 801. The molecule has 3 rings (SSSR count). The standard InChI is InChI=1S/C28H38N2O2/c1-5-7-9-19-29(3)23-15-11-21(12-16-23)25-27(31)26(28(25)32)22-13-17-24(18-14-22)30(4)20-10-8-6-2/h11-18,25-26H,5-10,19-20H2,1-4H3. The second-order valence-corrected chi connectivity index (χ2v) is 9.11. The summed E-state index contributed by atoms with van der Waals surface area (Å²) < 4.78 is 0. The van der Waals surface area contributed by atoms with Gasteiger partial charge in [-0.1, -0.05) is 63.8 Å². The van der Waals surface area contributed by atoms with Gasteiger partial charge in [0.25, 0.3) is 0 Å². The number of rotatable bonds is 12. The van der Waals surface area contributed by atoms with Crippen LogP contribution in [-0.2, 0) is 9.59 Å². The van der Waals surface area contributed by atoms with Crippen molar-refractivity contribution in [2.45, 2.75) is 64.2 Å². The molecule has 172 valence electrons. The highest BCUT2D eigenvalue weighted by Crippen LogP contribution is 2.41. The minimum atomic E-state index is -0.615. The third-order valence-electron chi connectivity index (χ3n) is 6.67. The normalized spacial score (nSPS) is 17.9. The molecule has 0 N–H and O–H groups in total. The van der Waals surface area contributed by atoms with E-state index >= 15 is 0 Å². The van der Waals surface area contributed by atoms with Gasteiger partial charge in [0.2, 0.25) is 0 Å². The Kier molecular flexibility index (Phi) is 8.49. The largest absolute Gasteiger partial charge is 0.375 e. The molecule has 2 aromatic carbocycles. The number of Topliss-reactive ketones (excluding diaryl/α,β-unsaturated/α-hetero) is 2. The molecule has 0 amide bonds. The Morgan fingerprint density at radius 3 is 1.25 bits per heavy atom. The predicted molar refractivity (Wildman–Crippen MR) is 134 cm³/mol. The van der Waals surface area contributed by atoms with Crippen LogP contribution in [0, 0.1) is 0 Å². The van der Waals surface area contributed by atoms with Crippen molar-refractivity contribution in [3.63, 3.8) is 0 Å². The molecule has 0 radical (unpaired) electrons. The van der Waals surface area contributed by atoms with Crippen LogP contribution in [0.2, 0.25) is 0 Å². The average Bonchev–Trinajstić information content (AvgIpc) is 2.80. The third kappa shape index (κ3) is 5.40. The second-order valence-electron chi connectivity index (χ2n) is 9.11. The van der Waals surface area contributed by atoms with Crippen LogP contribution in [0.3, 0.4) is 0 Å². The fourth-order valence-corrected chi connectivity index (χ4v) is 4.47. The Balaban J connectivity index is 1.60. The quantitative estimate of drug-likeness (QED) is 0.305. The van der Waals surface area contributed by atoms with Crippen molar-refractivity contribution >= 4 is 22.9 Å². The lowest BCUT2D eigenvalue weighted by Gasteiger charge is -2.33. The number of nitrogens with zero attached hydrogens (tertiary/aromatic N) is 2. The molecular weight excluding hydrogens is 396 g/mol. The van der Waals surface area contributed by atoms with Gasteiger partial charge in [0.1, 0.15) is 11.8 Å². The number of anilines is 2. The second kappa shape index (κ2) is 11.3. The summed E-state index contributed by atoms with van der Waals surface area (Å²) in [6.07, 6.45) is 7.21. The van der Waals surface area contributed by atoms with Crippen LogP contribution in [0.4, 0.5) is 11.4 Å². The number of unbranched alkanes of at least 4 members (excludes halogenated alkanes) is 4. The van der Waals surface area contributed by atoms with Crippen molar-refractivity contribution < 1.29 is 9.59 Å². The van der Waals surface area contributed by atoms with E-state index in [4.69, 9.17) is 0 Å². The van der Waals surface area contributed by atoms with Crippen LogP contribution in [-0.4, -0.2) is 38.8 Å². The van der Waals surface area contributed by atoms with Gasteiger partial charge in [0.15, 0.2) is 11.6 Å². The molecule has 0 heterocycles. The van der Waals surface area contributed by atoms with Crippen molar-refractivity contribution in [2.24, 2.45) is 0 Å². The maximum absolute atomic E-state index is 12.9. The van der Waals surface area contributed by atoms with Gasteiger partial charge in [-0.15, -0.1) is 0 Å². The van der Waals surface area contributed by atoms with E-state index in [-0.39, 0.29) is 11.6 Å². The first-order valence-corrected chi connectivity index (χ1v) is 12.2. The smallest absolute Gasteiger partial charge is 0.162 e. The highest BCUT2D eigenvalue weighted by molar-refractivity contribution is 6.31. The Labute approximate surface area is 193 Å². The lowest BCUT2D eigenvalue weighted by molar-refractivity contribution is -0.142. The van der Waals surface area contributed by atoms with Gasteiger partial charge in [-0.05, 0) is 48.2 Å². The number of carbonyl (C=O) groups excluding carboxylic acids is 2. The molecule has 0 unspecified atom stereocenters. The van der Waals surface area contributed by atoms with Crippen molar-refractivity contribution in [1.82, 2.24) is 0 Å². The molecule has 0 saturated heterocycles. The van der Waals surface area contributed by atoms with Gasteiger partial charge < -0.3 is 9.80 Å². The summed E-state index contributed by atoms with van der Waals surface area (Å²) in [6, 6.07) is 15.9. The van der Waals surface area contributed by atoms with Crippen LogP contribution in [0.15, 0.2) is 48.5 Å². The van der Waals surface area contributed by atoms with Crippen LogP contribution in [0.1, 0.15) is 75.3 Å². The first-order valence-electron chi connectivity index (χ1n) is 12.2. The summed E-state index contributed by atoms with van der Waals surface area (Å²) in [6.45, 7) is 6.44.